The lowest BCUT2D eigenvalue weighted by atomic mass is 10.1. The van der Waals surface area contributed by atoms with E-state index >= 15 is 0 Å². The molecule has 24 heavy (non-hydrogen) atoms. The smallest absolute Gasteiger partial charge is 0.351 e. The number of alkyl halides is 3. The molecule has 2 aromatic rings. The Labute approximate surface area is 134 Å². The Morgan fingerprint density at radius 3 is 2.25 bits per heavy atom. The van der Waals surface area contributed by atoms with Crippen molar-refractivity contribution in [1.29, 1.82) is 0 Å². The first-order valence-corrected chi connectivity index (χ1v) is 6.69. The molecule has 0 saturated carbocycles. The number of pyridine rings is 1. The number of aromatic nitrogens is 1. The van der Waals surface area contributed by atoms with Crippen LogP contribution >= 0.6 is 0 Å². The van der Waals surface area contributed by atoms with E-state index in [4.69, 9.17) is 5.73 Å². The zero-order valence-corrected chi connectivity index (χ0v) is 12.4. The van der Waals surface area contributed by atoms with E-state index in [0.29, 0.717) is 11.4 Å². The maximum Gasteiger partial charge on any atom is 0.433 e. The number of primary amides is 1. The molecule has 0 aliphatic heterocycles. The van der Waals surface area contributed by atoms with E-state index in [1.54, 1.807) is 18.2 Å². The van der Waals surface area contributed by atoms with Gasteiger partial charge in [-0.2, -0.15) is 13.2 Å². The number of carbonyl (C=O) groups is 2. The van der Waals surface area contributed by atoms with Gasteiger partial charge in [-0.3, -0.25) is 4.79 Å². The summed E-state index contributed by atoms with van der Waals surface area (Å²) in [5.41, 5.74) is 4.60. The van der Waals surface area contributed by atoms with Gasteiger partial charge in [-0.15, -0.1) is 0 Å². The first-order valence-electron chi connectivity index (χ1n) is 6.69. The molecule has 0 saturated heterocycles. The van der Waals surface area contributed by atoms with Crippen LogP contribution in [0.2, 0.25) is 0 Å². The van der Waals surface area contributed by atoms with Gasteiger partial charge in [0.15, 0.2) is 0 Å². The number of halogens is 3. The van der Waals surface area contributed by atoms with Gasteiger partial charge >= 0.3 is 12.2 Å². The van der Waals surface area contributed by atoms with E-state index in [0.717, 1.165) is 12.1 Å². The second kappa shape index (κ2) is 6.57. The number of nitrogens with one attached hydrogen (secondary N) is 2. The van der Waals surface area contributed by atoms with Crippen molar-refractivity contribution in [3.63, 3.8) is 0 Å². The molecule has 4 N–H and O–H groups in total. The molecule has 9 heteroatoms. The van der Waals surface area contributed by atoms with Crippen molar-refractivity contribution in [2.24, 2.45) is 5.73 Å². The van der Waals surface area contributed by atoms with Crippen LogP contribution in [0.3, 0.4) is 0 Å². The number of benzene rings is 1. The molecule has 3 amide bonds. The number of urea groups is 1. The maximum absolute atomic E-state index is 12.6. The number of anilines is 2. The van der Waals surface area contributed by atoms with Gasteiger partial charge in [-0.25, -0.2) is 9.78 Å². The van der Waals surface area contributed by atoms with Crippen LogP contribution < -0.4 is 16.4 Å². The first kappa shape index (κ1) is 17.3. The normalized spacial score (nSPS) is 11.0. The number of hydrogen-bond acceptors (Lipinski definition) is 3. The Balaban J connectivity index is 2.20. The van der Waals surface area contributed by atoms with E-state index < -0.39 is 23.8 Å². The SMILES string of the molecule is Cc1nc(C(F)(F)F)ccc1C(=O)Nc1cccc(NC(N)=O)c1. The van der Waals surface area contributed by atoms with Crippen LogP contribution in [0.25, 0.3) is 0 Å². The highest BCUT2D eigenvalue weighted by atomic mass is 19.4. The lowest BCUT2D eigenvalue weighted by Crippen LogP contribution is -2.19. The summed E-state index contributed by atoms with van der Waals surface area (Å²) in [6.45, 7) is 1.31. The van der Waals surface area contributed by atoms with Crippen molar-refractivity contribution in [2.75, 3.05) is 10.6 Å². The minimum absolute atomic E-state index is 0.0104. The molecule has 0 radical (unpaired) electrons. The molecule has 0 aliphatic carbocycles. The molecule has 0 bridgehead atoms. The highest BCUT2D eigenvalue weighted by molar-refractivity contribution is 6.05. The molecule has 1 aromatic carbocycles. The van der Waals surface area contributed by atoms with Gasteiger partial charge in [0.2, 0.25) is 0 Å². The van der Waals surface area contributed by atoms with Crippen molar-refractivity contribution < 1.29 is 22.8 Å². The number of rotatable bonds is 3. The van der Waals surface area contributed by atoms with Crippen molar-refractivity contribution in [3.05, 3.63) is 53.3 Å². The molecular weight excluding hydrogens is 325 g/mol. The highest BCUT2D eigenvalue weighted by Crippen LogP contribution is 2.28. The Morgan fingerprint density at radius 1 is 1.08 bits per heavy atom. The van der Waals surface area contributed by atoms with E-state index in [1.165, 1.54) is 13.0 Å². The average molecular weight is 338 g/mol. The van der Waals surface area contributed by atoms with Crippen LogP contribution in [0.4, 0.5) is 29.3 Å². The first-order chi connectivity index (χ1) is 11.2. The van der Waals surface area contributed by atoms with Crippen LogP contribution in [0, 0.1) is 6.92 Å². The molecule has 126 valence electrons. The summed E-state index contributed by atoms with van der Waals surface area (Å²) in [6.07, 6.45) is -4.57. The fraction of sp³-hybridized carbons (Fsp3) is 0.133. The third-order valence-corrected chi connectivity index (χ3v) is 3.01. The molecule has 2 rings (SSSR count). The third kappa shape index (κ3) is 4.22. The summed E-state index contributed by atoms with van der Waals surface area (Å²) < 4.78 is 37.8. The Morgan fingerprint density at radius 2 is 1.71 bits per heavy atom. The number of nitrogens with two attached hydrogens (primary N) is 1. The summed E-state index contributed by atoms with van der Waals surface area (Å²) in [4.78, 5) is 26.4. The molecule has 0 aliphatic rings. The third-order valence-electron chi connectivity index (χ3n) is 3.01. The average Bonchev–Trinajstić information content (AvgIpc) is 2.45. The van der Waals surface area contributed by atoms with E-state index in [9.17, 15) is 22.8 Å². The van der Waals surface area contributed by atoms with Gasteiger partial charge in [-0.1, -0.05) is 6.07 Å². The van der Waals surface area contributed by atoms with Gasteiger partial charge in [0.25, 0.3) is 5.91 Å². The van der Waals surface area contributed by atoms with Crippen molar-refractivity contribution in [2.45, 2.75) is 13.1 Å². The zero-order valence-electron chi connectivity index (χ0n) is 12.4. The number of amides is 3. The van der Waals surface area contributed by atoms with Crippen molar-refractivity contribution >= 4 is 23.3 Å². The quantitative estimate of drug-likeness (QED) is 0.802. The number of nitrogens with zero attached hydrogens (tertiary/aromatic N) is 1. The minimum atomic E-state index is -4.57. The van der Waals surface area contributed by atoms with Gasteiger partial charge in [0.05, 0.1) is 11.3 Å². The van der Waals surface area contributed by atoms with Crippen LogP contribution in [0.1, 0.15) is 21.7 Å². The van der Waals surface area contributed by atoms with E-state index in [1.807, 2.05) is 0 Å². The summed E-state index contributed by atoms with van der Waals surface area (Å²) >= 11 is 0. The van der Waals surface area contributed by atoms with E-state index in [2.05, 4.69) is 15.6 Å². The van der Waals surface area contributed by atoms with Gasteiger partial charge < -0.3 is 16.4 Å². The summed E-state index contributed by atoms with van der Waals surface area (Å²) in [7, 11) is 0. The van der Waals surface area contributed by atoms with Crippen molar-refractivity contribution in [3.8, 4) is 0 Å². The summed E-state index contributed by atoms with van der Waals surface area (Å²) in [5, 5.41) is 4.86. The standard InChI is InChI=1S/C15H13F3N4O2/c1-8-11(5-6-12(20-8)15(16,17)18)13(23)21-9-3-2-4-10(7-9)22-14(19)24/h2-7H,1H3,(H,21,23)(H3,19,22,24). The Kier molecular flexibility index (Phi) is 4.72. The number of hydrogen-bond donors (Lipinski definition) is 3. The van der Waals surface area contributed by atoms with Crippen molar-refractivity contribution in [1.82, 2.24) is 4.98 Å². The molecule has 0 atom stereocenters. The van der Waals surface area contributed by atoms with Crippen LogP contribution in [0.5, 0.6) is 0 Å². The predicted octanol–water partition coefficient (Wildman–Crippen LogP) is 3.15. The largest absolute Gasteiger partial charge is 0.433 e. The fourth-order valence-electron chi connectivity index (χ4n) is 1.97. The number of carbonyl (C=O) groups excluding carboxylic acids is 2. The molecule has 6 nitrogen and oxygen atoms in total. The topological polar surface area (TPSA) is 97.1 Å². The zero-order chi connectivity index (χ0) is 17.9. The van der Waals surface area contributed by atoms with Gasteiger partial charge in [0.1, 0.15) is 5.69 Å². The molecule has 1 aromatic heterocycles. The predicted molar refractivity (Wildman–Crippen MR) is 81.6 cm³/mol. The highest BCUT2D eigenvalue weighted by Gasteiger charge is 2.33. The Bertz CT molecular complexity index is 791. The van der Waals surface area contributed by atoms with Crippen LogP contribution in [-0.2, 0) is 6.18 Å². The Hall–Kier alpha value is -3.10. The molecule has 0 spiro atoms. The molecule has 0 fully saturated rings. The summed E-state index contributed by atoms with van der Waals surface area (Å²) in [6, 6.07) is 7.18. The van der Waals surface area contributed by atoms with Crippen LogP contribution in [0.15, 0.2) is 36.4 Å². The second-order valence-corrected chi connectivity index (χ2v) is 4.85. The van der Waals surface area contributed by atoms with E-state index in [-0.39, 0.29) is 11.3 Å². The lowest BCUT2D eigenvalue weighted by molar-refractivity contribution is -0.141. The van der Waals surface area contributed by atoms with Gasteiger partial charge in [0, 0.05) is 11.4 Å². The van der Waals surface area contributed by atoms with Gasteiger partial charge in [-0.05, 0) is 37.3 Å². The molecule has 0 unspecified atom stereocenters. The second-order valence-electron chi connectivity index (χ2n) is 4.85. The molecule has 1 heterocycles. The summed E-state index contributed by atoms with van der Waals surface area (Å²) in [5.74, 6) is -0.620. The monoisotopic (exact) mass is 338 g/mol. The lowest BCUT2D eigenvalue weighted by Gasteiger charge is -2.11. The fourth-order valence-corrected chi connectivity index (χ4v) is 1.97. The van der Waals surface area contributed by atoms with Crippen LogP contribution in [-0.4, -0.2) is 16.9 Å². The maximum atomic E-state index is 12.6. The minimum Gasteiger partial charge on any atom is -0.351 e. The number of aryl methyl sites for hydroxylation is 1. The molecular formula is C15H13F3N4O2.